The Morgan fingerprint density at radius 1 is 1.00 bits per heavy atom. The zero-order valence-electron chi connectivity index (χ0n) is 20.5. The molecule has 1 amide bonds. The fourth-order valence-electron chi connectivity index (χ4n) is 3.78. The number of aromatic nitrogens is 4. The van der Waals surface area contributed by atoms with Crippen molar-refractivity contribution in [1.29, 1.82) is 0 Å². The first-order valence-corrected chi connectivity index (χ1v) is 12.3. The van der Waals surface area contributed by atoms with E-state index in [-0.39, 0.29) is 5.91 Å². The molecule has 2 heterocycles. The summed E-state index contributed by atoms with van der Waals surface area (Å²) in [4.78, 5) is 17.3. The first-order chi connectivity index (χ1) is 16.9. The summed E-state index contributed by atoms with van der Waals surface area (Å²) in [6, 6.07) is 17.6. The van der Waals surface area contributed by atoms with E-state index >= 15 is 0 Å². The summed E-state index contributed by atoms with van der Waals surface area (Å²) in [5.74, 6) is 1.65. The Labute approximate surface area is 210 Å². The maximum absolute atomic E-state index is 13.2. The largest absolute Gasteiger partial charge is 0.497 e. The lowest BCUT2D eigenvalue weighted by Crippen LogP contribution is -2.24. The van der Waals surface area contributed by atoms with Gasteiger partial charge in [-0.05, 0) is 67.3 Å². The van der Waals surface area contributed by atoms with Gasteiger partial charge >= 0.3 is 0 Å². The molecular formula is C27H29N5O2S. The van der Waals surface area contributed by atoms with Gasteiger partial charge in [0.1, 0.15) is 5.75 Å². The zero-order valence-corrected chi connectivity index (χ0v) is 21.3. The molecule has 0 aliphatic rings. The first kappa shape index (κ1) is 24.5. The molecular weight excluding hydrogens is 458 g/mol. The van der Waals surface area contributed by atoms with E-state index in [1.165, 1.54) is 11.8 Å². The molecule has 0 spiro atoms. The molecule has 180 valence electrons. The first-order valence-electron chi connectivity index (χ1n) is 11.5. The van der Waals surface area contributed by atoms with E-state index in [2.05, 4.69) is 40.4 Å². The van der Waals surface area contributed by atoms with Crippen LogP contribution < -0.4 is 10.1 Å². The van der Waals surface area contributed by atoms with Crippen LogP contribution in [-0.4, -0.2) is 38.0 Å². The number of anilines is 1. The lowest BCUT2D eigenvalue weighted by molar-refractivity contribution is -0.115. The number of pyridine rings is 1. The molecule has 35 heavy (non-hydrogen) atoms. The standard InChI is InChI=1S/C27H29N5O2S/c1-17(2)23-8-6-7-18(3)24(23)29-26(33)19(4)35-27-31-30-25(20-13-15-28-16-14-20)32(27)21-9-11-22(34-5)12-10-21/h6-17,19H,1-5H3,(H,29,33). The molecule has 8 heteroatoms. The number of rotatable bonds is 8. The summed E-state index contributed by atoms with van der Waals surface area (Å²) >= 11 is 1.37. The molecule has 0 fully saturated rings. The molecule has 2 aromatic carbocycles. The van der Waals surface area contributed by atoms with Gasteiger partial charge in [-0.1, -0.05) is 43.8 Å². The van der Waals surface area contributed by atoms with Gasteiger partial charge in [-0.15, -0.1) is 10.2 Å². The van der Waals surface area contributed by atoms with E-state index in [9.17, 15) is 4.79 Å². The van der Waals surface area contributed by atoms with Crippen LogP contribution in [0.3, 0.4) is 0 Å². The smallest absolute Gasteiger partial charge is 0.237 e. The van der Waals surface area contributed by atoms with E-state index in [0.29, 0.717) is 16.9 Å². The lowest BCUT2D eigenvalue weighted by atomic mass is 9.98. The highest BCUT2D eigenvalue weighted by atomic mass is 32.2. The SMILES string of the molecule is COc1ccc(-n2c(SC(C)C(=O)Nc3c(C)cccc3C(C)C)nnc2-c2ccncc2)cc1. The number of hydrogen-bond donors (Lipinski definition) is 1. The van der Waals surface area contributed by atoms with Crippen LogP contribution in [0.5, 0.6) is 5.75 Å². The van der Waals surface area contributed by atoms with Crippen molar-refractivity contribution in [3.8, 4) is 22.8 Å². The predicted octanol–water partition coefficient (Wildman–Crippen LogP) is 5.89. The highest BCUT2D eigenvalue weighted by molar-refractivity contribution is 8.00. The molecule has 4 aromatic rings. The molecule has 1 N–H and O–H groups in total. The van der Waals surface area contributed by atoms with Gasteiger partial charge in [0.2, 0.25) is 5.91 Å². The lowest BCUT2D eigenvalue weighted by Gasteiger charge is -2.19. The van der Waals surface area contributed by atoms with Crippen molar-refractivity contribution in [3.63, 3.8) is 0 Å². The summed E-state index contributed by atoms with van der Waals surface area (Å²) < 4.78 is 7.27. The number of carbonyl (C=O) groups is 1. The van der Waals surface area contributed by atoms with Crippen molar-refractivity contribution in [1.82, 2.24) is 19.7 Å². The summed E-state index contributed by atoms with van der Waals surface area (Å²) in [7, 11) is 1.64. The summed E-state index contributed by atoms with van der Waals surface area (Å²) in [5.41, 5.74) is 4.81. The average Bonchev–Trinajstić information content (AvgIpc) is 3.29. The second-order valence-electron chi connectivity index (χ2n) is 8.52. The summed E-state index contributed by atoms with van der Waals surface area (Å²) in [5, 5.41) is 12.3. The van der Waals surface area contributed by atoms with Crippen molar-refractivity contribution in [2.45, 2.75) is 44.0 Å². The van der Waals surface area contributed by atoms with Crippen molar-refractivity contribution in [2.24, 2.45) is 0 Å². The van der Waals surface area contributed by atoms with Crippen LogP contribution in [0.2, 0.25) is 0 Å². The van der Waals surface area contributed by atoms with Crippen LogP contribution in [0.1, 0.15) is 37.8 Å². The van der Waals surface area contributed by atoms with E-state index in [1.807, 2.05) is 66.9 Å². The molecule has 4 rings (SSSR count). The van der Waals surface area contributed by atoms with Crippen molar-refractivity contribution >= 4 is 23.4 Å². The Morgan fingerprint density at radius 2 is 1.71 bits per heavy atom. The number of thioether (sulfide) groups is 1. The normalized spacial score (nSPS) is 11.9. The molecule has 0 saturated carbocycles. The van der Waals surface area contributed by atoms with Gasteiger partial charge in [0, 0.05) is 29.3 Å². The van der Waals surface area contributed by atoms with Crippen LogP contribution in [0.15, 0.2) is 72.1 Å². The third kappa shape index (κ3) is 5.38. The number of para-hydroxylation sites is 1. The van der Waals surface area contributed by atoms with Crippen LogP contribution in [0.25, 0.3) is 17.1 Å². The van der Waals surface area contributed by atoms with Gasteiger partial charge < -0.3 is 10.1 Å². The number of nitrogens with one attached hydrogen (secondary N) is 1. The number of aryl methyl sites for hydroxylation is 1. The number of ether oxygens (including phenoxy) is 1. The van der Waals surface area contributed by atoms with E-state index in [4.69, 9.17) is 4.74 Å². The predicted molar refractivity (Wildman–Crippen MR) is 140 cm³/mol. The second kappa shape index (κ2) is 10.7. The molecule has 0 saturated heterocycles. The number of amides is 1. The number of hydrogen-bond acceptors (Lipinski definition) is 6. The molecule has 0 aliphatic heterocycles. The molecule has 0 aliphatic carbocycles. The third-order valence-corrected chi connectivity index (χ3v) is 6.77. The minimum absolute atomic E-state index is 0.0825. The van der Waals surface area contributed by atoms with Crippen LogP contribution in [0, 0.1) is 6.92 Å². The highest BCUT2D eigenvalue weighted by Gasteiger charge is 2.23. The van der Waals surface area contributed by atoms with Gasteiger partial charge in [-0.3, -0.25) is 14.3 Å². The van der Waals surface area contributed by atoms with Crippen LogP contribution >= 0.6 is 11.8 Å². The molecule has 1 atom stereocenters. The molecule has 7 nitrogen and oxygen atoms in total. The fourth-order valence-corrected chi connectivity index (χ4v) is 4.64. The highest BCUT2D eigenvalue weighted by Crippen LogP contribution is 2.32. The molecule has 2 aromatic heterocycles. The van der Waals surface area contributed by atoms with Gasteiger partial charge in [0.05, 0.1) is 12.4 Å². The van der Waals surface area contributed by atoms with Gasteiger partial charge in [-0.2, -0.15) is 0 Å². The fraction of sp³-hybridized carbons (Fsp3) is 0.259. The van der Waals surface area contributed by atoms with E-state index < -0.39 is 5.25 Å². The van der Waals surface area contributed by atoms with Crippen LogP contribution in [-0.2, 0) is 4.79 Å². The Hall–Kier alpha value is -3.65. The second-order valence-corrected chi connectivity index (χ2v) is 9.83. The number of methoxy groups -OCH3 is 1. The van der Waals surface area contributed by atoms with E-state index in [0.717, 1.165) is 33.8 Å². The number of nitrogens with zero attached hydrogens (tertiary/aromatic N) is 4. The maximum Gasteiger partial charge on any atom is 0.237 e. The monoisotopic (exact) mass is 487 g/mol. The molecule has 1 unspecified atom stereocenters. The Morgan fingerprint density at radius 3 is 2.37 bits per heavy atom. The van der Waals surface area contributed by atoms with Crippen molar-refractivity contribution in [2.75, 3.05) is 12.4 Å². The minimum atomic E-state index is -0.402. The Kier molecular flexibility index (Phi) is 7.51. The van der Waals surface area contributed by atoms with E-state index in [1.54, 1.807) is 19.5 Å². The molecule has 0 bridgehead atoms. The quantitative estimate of drug-likeness (QED) is 0.312. The third-order valence-electron chi connectivity index (χ3n) is 5.73. The average molecular weight is 488 g/mol. The maximum atomic E-state index is 13.2. The van der Waals surface area contributed by atoms with Crippen molar-refractivity contribution in [3.05, 3.63) is 78.1 Å². The molecule has 0 radical (unpaired) electrons. The van der Waals surface area contributed by atoms with Gasteiger partial charge in [0.25, 0.3) is 0 Å². The number of benzene rings is 2. The topological polar surface area (TPSA) is 81.9 Å². The van der Waals surface area contributed by atoms with Gasteiger partial charge in [0.15, 0.2) is 11.0 Å². The Balaban J connectivity index is 1.65. The van der Waals surface area contributed by atoms with Crippen LogP contribution in [0.4, 0.5) is 5.69 Å². The van der Waals surface area contributed by atoms with Gasteiger partial charge in [-0.25, -0.2) is 0 Å². The summed E-state index contributed by atoms with van der Waals surface area (Å²) in [6.07, 6.45) is 3.44. The number of carbonyl (C=O) groups excluding carboxylic acids is 1. The zero-order chi connectivity index (χ0) is 24.9. The van der Waals surface area contributed by atoms with Crippen molar-refractivity contribution < 1.29 is 9.53 Å². The Bertz CT molecular complexity index is 1300. The minimum Gasteiger partial charge on any atom is -0.497 e. The summed E-state index contributed by atoms with van der Waals surface area (Å²) in [6.45, 7) is 8.15.